The molecule has 1 heterocycles. The number of nitrogens with zero attached hydrogens (tertiary/aromatic N) is 1. The first-order valence-corrected chi connectivity index (χ1v) is 4.24. The molecular formula is C9H13NO3. The first kappa shape index (κ1) is 9.77. The van der Waals surface area contributed by atoms with Gasteiger partial charge in [-0.05, 0) is 13.3 Å². The van der Waals surface area contributed by atoms with Crippen LogP contribution in [0.4, 0.5) is 0 Å². The van der Waals surface area contributed by atoms with E-state index in [1.807, 2.05) is 6.92 Å². The Balaban J connectivity index is 2.45. The summed E-state index contributed by atoms with van der Waals surface area (Å²) >= 11 is 0. The highest BCUT2D eigenvalue weighted by Gasteiger charge is 2.06. The first-order valence-electron chi connectivity index (χ1n) is 4.24. The third-order valence-electron chi connectivity index (χ3n) is 1.79. The molecule has 1 N–H and O–H groups in total. The standard InChI is InChI=1S/C9H13NO3/c1-6-8(13-7(2)10-6)4-3-5-9(11)12/h3-5H2,1-2H3,(H,11,12). The van der Waals surface area contributed by atoms with E-state index in [0.29, 0.717) is 18.7 Å². The molecule has 1 aromatic heterocycles. The van der Waals surface area contributed by atoms with E-state index in [2.05, 4.69) is 4.98 Å². The minimum atomic E-state index is -0.770. The van der Waals surface area contributed by atoms with Gasteiger partial charge < -0.3 is 9.52 Å². The van der Waals surface area contributed by atoms with Gasteiger partial charge in [0, 0.05) is 19.8 Å². The number of aliphatic carboxylic acids is 1. The van der Waals surface area contributed by atoms with Gasteiger partial charge in [0.25, 0.3) is 0 Å². The van der Waals surface area contributed by atoms with Crippen molar-refractivity contribution in [2.45, 2.75) is 33.1 Å². The van der Waals surface area contributed by atoms with Gasteiger partial charge in [0.15, 0.2) is 5.89 Å². The molecule has 0 amide bonds. The van der Waals surface area contributed by atoms with Gasteiger partial charge in [-0.15, -0.1) is 0 Å². The lowest BCUT2D eigenvalue weighted by Gasteiger charge is -1.94. The monoisotopic (exact) mass is 183 g/mol. The van der Waals surface area contributed by atoms with Gasteiger partial charge in [-0.25, -0.2) is 4.98 Å². The molecule has 13 heavy (non-hydrogen) atoms. The van der Waals surface area contributed by atoms with Gasteiger partial charge in [0.05, 0.1) is 5.69 Å². The van der Waals surface area contributed by atoms with Crippen molar-refractivity contribution in [3.63, 3.8) is 0 Å². The van der Waals surface area contributed by atoms with Gasteiger partial charge in [0.2, 0.25) is 0 Å². The van der Waals surface area contributed by atoms with Gasteiger partial charge in [-0.2, -0.15) is 0 Å². The van der Waals surface area contributed by atoms with Crippen molar-refractivity contribution in [2.75, 3.05) is 0 Å². The minimum absolute atomic E-state index is 0.180. The van der Waals surface area contributed by atoms with E-state index >= 15 is 0 Å². The number of carbonyl (C=O) groups is 1. The van der Waals surface area contributed by atoms with Crippen molar-refractivity contribution >= 4 is 5.97 Å². The summed E-state index contributed by atoms with van der Waals surface area (Å²) in [5.74, 6) is 0.676. The highest BCUT2D eigenvalue weighted by molar-refractivity contribution is 5.66. The average molecular weight is 183 g/mol. The van der Waals surface area contributed by atoms with Crippen LogP contribution in [-0.4, -0.2) is 16.1 Å². The molecule has 0 unspecified atom stereocenters. The van der Waals surface area contributed by atoms with Crippen LogP contribution in [0.5, 0.6) is 0 Å². The molecule has 1 rings (SSSR count). The van der Waals surface area contributed by atoms with Crippen molar-refractivity contribution in [1.82, 2.24) is 4.98 Å². The molecule has 0 fully saturated rings. The molecule has 0 aliphatic carbocycles. The Morgan fingerprint density at radius 3 is 2.69 bits per heavy atom. The molecule has 0 aromatic carbocycles. The number of aromatic nitrogens is 1. The quantitative estimate of drug-likeness (QED) is 0.771. The fraction of sp³-hybridized carbons (Fsp3) is 0.556. The van der Waals surface area contributed by atoms with Crippen LogP contribution in [-0.2, 0) is 11.2 Å². The maximum absolute atomic E-state index is 10.2. The zero-order valence-corrected chi connectivity index (χ0v) is 7.83. The molecule has 1 aromatic rings. The smallest absolute Gasteiger partial charge is 0.303 e. The predicted octanol–water partition coefficient (Wildman–Crippen LogP) is 1.70. The fourth-order valence-corrected chi connectivity index (χ4v) is 1.21. The summed E-state index contributed by atoms with van der Waals surface area (Å²) in [4.78, 5) is 14.3. The molecule has 4 nitrogen and oxygen atoms in total. The zero-order valence-electron chi connectivity index (χ0n) is 7.83. The predicted molar refractivity (Wildman–Crippen MR) is 46.6 cm³/mol. The summed E-state index contributed by atoms with van der Waals surface area (Å²) in [6.07, 6.45) is 1.43. The number of hydrogen-bond donors (Lipinski definition) is 1. The molecule has 0 atom stereocenters. The molecule has 0 spiro atoms. The van der Waals surface area contributed by atoms with Crippen molar-refractivity contribution in [2.24, 2.45) is 0 Å². The lowest BCUT2D eigenvalue weighted by atomic mass is 10.2. The molecule has 72 valence electrons. The second-order valence-corrected chi connectivity index (χ2v) is 2.99. The highest BCUT2D eigenvalue weighted by atomic mass is 16.4. The summed E-state index contributed by atoms with van der Waals surface area (Å²) < 4.78 is 5.29. The van der Waals surface area contributed by atoms with Crippen LogP contribution in [0.3, 0.4) is 0 Å². The van der Waals surface area contributed by atoms with Crippen LogP contribution in [0.2, 0.25) is 0 Å². The number of oxazole rings is 1. The van der Waals surface area contributed by atoms with Gasteiger partial charge in [0.1, 0.15) is 5.76 Å². The third-order valence-corrected chi connectivity index (χ3v) is 1.79. The van der Waals surface area contributed by atoms with E-state index in [1.54, 1.807) is 6.92 Å². The molecule has 0 saturated carbocycles. The van der Waals surface area contributed by atoms with Crippen LogP contribution < -0.4 is 0 Å². The van der Waals surface area contributed by atoms with E-state index < -0.39 is 5.97 Å². The van der Waals surface area contributed by atoms with Crippen molar-refractivity contribution in [3.8, 4) is 0 Å². The zero-order chi connectivity index (χ0) is 9.84. The van der Waals surface area contributed by atoms with Gasteiger partial charge >= 0.3 is 5.97 Å². The van der Waals surface area contributed by atoms with E-state index in [0.717, 1.165) is 11.5 Å². The topological polar surface area (TPSA) is 63.3 Å². The minimum Gasteiger partial charge on any atom is -0.481 e. The summed E-state index contributed by atoms with van der Waals surface area (Å²) in [7, 11) is 0. The molecule has 4 heteroatoms. The fourth-order valence-electron chi connectivity index (χ4n) is 1.21. The Kier molecular flexibility index (Phi) is 3.06. The summed E-state index contributed by atoms with van der Waals surface area (Å²) in [5.41, 5.74) is 0.864. The molecule has 0 saturated heterocycles. The number of aryl methyl sites for hydroxylation is 3. The van der Waals surface area contributed by atoms with Crippen LogP contribution in [0.25, 0.3) is 0 Å². The Hall–Kier alpha value is -1.32. The van der Waals surface area contributed by atoms with E-state index in [-0.39, 0.29) is 6.42 Å². The van der Waals surface area contributed by atoms with Gasteiger partial charge in [-0.1, -0.05) is 0 Å². The van der Waals surface area contributed by atoms with Crippen LogP contribution in [0.15, 0.2) is 4.42 Å². The third kappa shape index (κ3) is 2.89. The van der Waals surface area contributed by atoms with E-state index in [1.165, 1.54) is 0 Å². The Morgan fingerprint density at radius 2 is 2.23 bits per heavy atom. The normalized spacial score (nSPS) is 10.3. The Morgan fingerprint density at radius 1 is 1.54 bits per heavy atom. The van der Waals surface area contributed by atoms with Crippen molar-refractivity contribution in [3.05, 3.63) is 17.3 Å². The Bertz CT molecular complexity index is 304. The average Bonchev–Trinajstić information content (AvgIpc) is 2.29. The maximum Gasteiger partial charge on any atom is 0.303 e. The highest BCUT2D eigenvalue weighted by Crippen LogP contribution is 2.12. The molecule has 0 aliphatic heterocycles. The van der Waals surface area contributed by atoms with Crippen LogP contribution in [0.1, 0.15) is 30.2 Å². The number of carboxylic acid groups (broad SMARTS) is 1. The van der Waals surface area contributed by atoms with Crippen molar-refractivity contribution in [1.29, 1.82) is 0 Å². The molecule has 0 radical (unpaired) electrons. The number of rotatable bonds is 4. The summed E-state index contributed by atoms with van der Waals surface area (Å²) in [6, 6.07) is 0. The maximum atomic E-state index is 10.2. The SMILES string of the molecule is Cc1nc(C)c(CCCC(=O)O)o1. The van der Waals surface area contributed by atoms with Crippen molar-refractivity contribution < 1.29 is 14.3 Å². The van der Waals surface area contributed by atoms with Crippen LogP contribution in [0, 0.1) is 13.8 Å². The molecule has 0 bridgehead atoms. The molecular weight excluding hydrogens is 170 g/mol. The Labute approximate surface area is 76.6 Å². The van der Waals surface area contributed by atoms with E-state index in [4.69, 9.17) is 9.52 Å². The second kappa shape index (κ2) is 4.07. The first-order chi connectivity index (χ1) is 6.09. The number of carboxylic acids is 1. The lowest BCUT2D eigenvalue weighted by molar-refractivity contribution is -0.137. The summed E-state index contributed by atoms with van der Waals surface area (Å²) in [5, 5.41) is 8.42. The second-order valence-electron chi connectivity index (χ2n) is 2.99. The van der Waals surface area contributed by atoms with Gasteiger partial charge in [-0.3, -0.25) is 4.79 Å². The van der Waals surface area contributed by atoms with E-state index in [9.17, 15) is 4.79 Å². The largest absolute Gasteiger partial charge is 0.481 e. The summed E-state index contributed by atoms with van der Waals surface area (Å²) in [6.45, 7) is 3.65. The molecule has 0 aliphatic rings. The number of hydrogen-bond acceptors (Lipinski definition) is 3. The lowest BCUT2D eigenvalue weighted by Crippen LogP contribution is -1.95. The van der Waals surface area contributed by atoms with Crippen LogP contribution >= 0.6 is 0 Å².